The van der Waals surface area contributed by atoms with Crippen LogP contribution in [0.25, 0.3) is 0 Å². The maximum Gasteiger partial charge on any atom is 0.573 e. The number of hydrogen-bond acceptors (Lipinski definition) is 6. The van der Waals surface area contributed by atoms with Gasteiger partial charge in [-0.15, -0.1) is 24.9 Å². The number of nitrogens with zero attached hydrogens (tertiary/aromatic N) is 2. The van der Waals surface area contributed by atoms with E-state index in [4.69, 9.17) is 4.74 Å². The summed E-state index contributed by atoms with van der Waals surface area (Å²) in [5, 5.41) is 1.56. The van der Waals surface area contributed by atoms with E-state index in [2.05, 4.69) is 15.0 Å². The van der Waals surface area contributed by atoms with Gasteiger partial charge in [0.05, 0.1) is 12.4 Å². The number of halogens is 3. The largest absolute Gasteiger partial charge is 0.573 e. The highest BCUT2D eigenvalue weighted by molar-refractivity contribution is 8.01. The van der Waals surface area contributed by atoms with Crippen molar-refractivity contribution in [1.82, 2.24) is 15.2 Å². The maximum absolute atomic E-state index is 13.4. The Kier molecular flexibility index (Phi) is 8.77. The Labute approximate surface area is 222 Å². The summed E-state index contributed by atoms with van der Waals surface area (Å²) < 4.78 is 47.6. The molecule has 200 valence electrons. The van der Waals surface area contributed by atoms with Crippen LogP contribution in [0.5, 0.6) is 11.5 Å². The van der Waals surface area contributed by atoms with E-state index in [1.165, 1.54) is 30.0 Å². The molecule has 1 aliphatic heterocycles. The van der Waals surface area contributed by atoms with Crippen molar-refractivity contribution in [1.29, 1.82) is 0 Å². The molecule has 1 saturated heterocycles. The predicted molar refractivity (Wildman–Crippen MR) is 136 cm³/mol. The quantitative estimate of drug-likeness (QED) is 0.391. The van der Waals surface area contributed by atoms with E-state index in [-0.39, 0.29) is 30.5 Å². The second kappa shape index (κ2) is 12.2. The van der Waals surface area contributed by atoms with Crippen LogP contribution in [0.3, 0.4) is 0 Å². The second-order valence-corrected chi connectivity index (χ2v) is 9.82. The van der Waals surface area contributed by atoms with Crippen LogP contribution in [0.4, 0.5) is 13.2 Å². The normalized spacial score (nSPS) is 17.4. The molecule has 4 rings (SSSR count). The smallest absolute Gasteiger partial charge is 0.497 e. The Morgan fingerprint density at radius 1 is 1.08 bits per heavy atom. The molecule has 2 heterocycles. The standard InChI is InChI=1S/C27H26F3N3O4S/c1-36-21-10-8-18(9-11-21)17-32-24(34)16-23-25(35)33(14-12-20-6-2-3-13-31-20)26(38-23)19-5-4-7-22(15-19)37-27(28,29)30/h2-11,13,15,23,26H,12,14,16-17H2,1H3,(H,32,34). The number of rotatable bonds is 10. The second-order valence-electron chi connectivity index (χ2n) is 8.53. The number of aromatic nitrogens is 1. The zero-order valence-corrected chi connectivity index (χ0v) is 21.3. The molecule has 11 heteroatoms. The summed E-state index contributed by atoms with van der Waals surface area (Å²) in [5.41, 5.74) is 2.13. The fraction of sp³-hybridized carbons (Fsp3) is 0.296. The molecule has 1 aliphatic rings. The monoisotopic (exact) mass is 545 g/mol. The van der Waals surface area contributed by atoms with Gasteiger partial charge in [0.25, 0.3) is 0 Å². The Morgan fingerprint density at radius 2 is 1.87 bits per heavy atom. The number of hydrogen-bond donors (Lipinski definition) is 1. The molecule has 2 atom stereocenters. The van der Waals surface area contributed by atoms with E-state index in [1.807, 2.05) is 24.3 Å². The summed E-state index contributed by atoms with van der Waals surface area (Å²) in [6.07, 6.45) is -2.78. The van der Waals surface area contributed by atoms with Crippen molar-refractivity contribution in [3.05, 3.63) is 89.7 Å². The van der Waals surface area contributed by atoms with Gasteiger partial charge in [0.15, 0.2) is 0 Å². The molecule has 0 radical (unpaired) electrons. The van der Waals surface area contributed by atoms with Gasteiger partial charge in [0, 0.05) is 37.8 Å². The zero-order valence-electron chi connectivity index (χ0n) is 20.5. The van der Waals surface area contributed by atoms with Gasteiger partial charge in [0.1, 0.15) is 16.9 Å². The van der Waals surface area contributed by atoms with Crippen LogP contribution in [0.15, 0.2) is 72.9 Å². The van der Waals surface area contributed by atoms with E-state index >= 15 is 0 Å². The van der Waals surface area contributed by atoms with Gasteiger partial charge in [-0.1, -0.05) is 30.3 Å². The maximum atomic E-state index is 13.4. The number of carbonyl (C=O) groups excluding carboxylic acids is 2. The first-order valence-electron chi connectivity index (χ1n) is 11.8. The number of carbonyl (C=O) groups is 2. The molecule has 2 amide bonds. The van der Waals surface area contributed by atoms with Crippen molar-refractivity contribution < 1.29 is 32.2 Å². The molecular weight excluding hydrogens is 519 g/mol. The van der Waals surface area contributed by atoms with E-state index in [0.717, 1.165) is 11.3 Å². The van der Waals surface area contributed by atoms with Crippen LogP contribution in [0, 0.1) is 0 Å². The minimum Gasteiger partial charge on any atom is -0.497 e. The van der Waals surface area contributed by atoms with Crippen molar-refractivity contribution in [2.24, 2.45) is 0 Å². The van der Waals surface area contributed by atoms with Gasteiger partial charge in [-0.05, 0) is 47.5 Å². The number of ether oxygens (including phenoxy) is 2. The Balaban J connectivity index is 1.46. The van der Waals surface area contributed by atoms with Crippen LogP contribution in [0.2, 0.25) is 0 Å². The molecule has 38 heavy (non-hydrogen) atoms. The van der Waals surface area contributed by atoms with Crippen molar-refractivity contribution in [2.45, 2.75) is 36.4 Å². The lowest BCUT2D eigenvalue weighted by atomic mass is 10.1. The summed E-state index contributed by atoms with van der Waals surface area (Å²) >= 11 is 1.24. The first-order valence-corrected chi connectivity index (χ1v) is 12.8. The van der Waals surface area contributed by atoms with Crippen molar-refractivity contribution in [3.8, 4) is 11.5 Å². The van der Waals surface area contributed by atoms with E-state index in [9.17, 15) is 22.8 Å². The molecule has 0 bridgehead atoms. The highest BCUT2D eigenvalue weighted by Gasteiger charge is 2.42. The van der Waals surface area contributed by atoms with Crippen molar-refractivity contribution in [3.63, 3.8) is 0 Å². The van der Waals surface area contributed by atoms with Crippen molar-refractivity contribution >= 4 is 23.6 Å². The first kappa shape index (κ1) is 27.3. The van der Waals surface area contributed by atoms with Crippen LogP contribution < -0.4 is 14.8 Å². The highest BCUT2D eigenvalue weighted by Crippen LogP contribution is 2.45. The summed E-state index contributed by atoms with van der Waals surface area (Å²) in [6, 6.07) is 18.3. The fourth-order valence-electron chi connectivity index (χ4n) is 4.04. The third-order valence-corrected chi connectivity index (χ3v) is 7.35. The van der Waals surface area contributed by atoms with Crippen LogP contribution in [0.1, 0.15) is 28.6 Å². The third kappa shape index (κ3) is 7.41. The topological polar surface area (TPSA) is 80.8 Å². The summed E-state index contributed by atoms with van der Waals surface area (Å²) in [5.74, 6) is -0.216. The predicted octanol–water partition coefficient (Wildman–Crippen LogP) is 4.88. The summed E-state index contributed by atoms with van der Waals surface area (Å²) in [7, 11) is 1.57. The average Bonchev–Trinajstić information content (AvgIpc) is 3.21. The minimum atomic E-state index is -4.83. The van der Waals surface area contributed by atoms with Gasteiger partial charge in [-0.2, -0.15) is 0 Å². The van der Waals surface area contributed by atoms with Crippen LogP contribution in [-0.2, 0) is 22.6 Å². The zero-order chi connectivity index (χ0) is 27.1. The number of thioether (sulfide) groups is 1. The first-order chi connectivity index (χ1) is 18.2. The third-order valence-electron chi connectivity index (χ3n) is 5.87. The number of pyridine rings is 1. The number of alkyl halides is 3. The van der Waals surface area contributed by atoms with Gasteiger partial charge in [-0.3, -0.25) is 14.6 Å². The molecule has 2 aromatic carbocycles. The number of nitrogens with one attached hydrogen (secondary N) is 1. The number of methoxy groups -OCH3 is 1. The number of benzene rings is 2. The highest BCUT2D eigenvalue weighted by atomic mass is 32.2. The summed E-state index contributed by atoms with van der Waals surface area (Å²) in [6.45, 7) is 0.583. The molecule has 3 aromatic rings. The average molecular weight is 546 g/mol. The van der Waals surface area contributed by atoms with Crippen LogP contribution >= 0.6 is 11.8 Å². The Hall–Kier alpha value is -3.73. The lowest BCUT2D eigenvalue weighted by molar-refractivity contribution is -0.274. The lowest BCUT2D eigenvalue weighted by Gasteiger charge is -2.24. The molecule has 2 unspecified atom stereocenters. The minimum absolute atomic E-state index is 0.0605. The van der Waals surface area contributed by atoms with Gasteiger partial charge in [0.2, 0.25) is 11.8 Å². The van der Waals surface area contributed by atoms with Gasteiger partial charge >= 0.3 is 6.36 Å². The van der Waals surface area contributed by atoms with Crippen molar-refractivity contribution in [2.75, 3.05) is 13.7 Å². The number of amides is 2. The Bertz CT molecular complexity index is 1240. The van der Waals surface area contributed by atoms with Crippen LogP contribution in [-0.4, -0.2) is 47.0 Å². The molecule has 0 spiro atoms. The summed E-state index contributed by atoms with van der Waals surface area (Å²) in [4.78, 5) is 32.0. The fourth-order valence-corrected chi connectivity index (χ4v) is 5.51. The van der Waals surface area contributed by atoms with Gasteiger partial charge < -0.3 is 19.7 Å². The Morgan fingerprint density at radius 3 is 2.55 bits per heavy atom. The van der Waals surface area contributed by atoms with E-state index in [0.29, 0.717) is 24.3 Å². The molecular formula is C27H26F3N3O4S. The van der Waals surface area contributed by atoms with E-state index < -0.39 is 17.0 Å². The van der Waals surface area contributed by atoms with E-state index in [1.54, 1.807) is 42.5 Å². The molecule has 1 aromatic heterocycles. The molecule has 1 fully saturated rings. The lowest BCUT2D eigenvalue weighted by Crippen LogP contribution is -2.35. The SMILES string of the molecule is COc1ccc(CNC(=O)CC2SC(c3cccc(OC(F)(F)F)c3)N(CCc3ccccn3)C2=O)cc1. The molecule has 7 nitrogen and oxygen atoms in total. The van der Waals surface area contributed by atoms with Gasteiger partial charge in [-0.25, -0.2) is 0 Å². The molecule has 0 aliphatic carbocycles. The molecule has 1 N–H and O–H groups in total. The molecule has 0 saturated carbocycles.